The molecule has 2 aromatic rings. The van der Waals surface area contributed by atoms with Crippen LogP contribution in [0.15, 0.2) is 41.1 Å². The number of rotatable bonds is 6. The molecule has 0 radical (unpaired) electrons. The monoisotopic (exact) mass is 274 g/mol. The first-order valence-electron chi connectivity index (χ1n) is 6.45. The summed E-state index contributed by atoms with van der Waals surface area (Å²) in [6.45, 7) is 0.441. The summed E-state index contributed by atoms with van der Waals surface area (Å²) in [4.78, 5) is 13.7. The van der Waals surface area contributed by atoms with Gasteiger partial charge in [0.25, 0.3) is 0 Å². The summed E-state index contributed by atoms with van der Waals surface area (Å²) in [5, 5.41) is 3.62. The number of amides is 1. The largest absolute Gasteiger partial charge is 0.497 e. The van der Waals surface area contributed by atoms with Crippen LogP contribution >= 0.6 is 0 Å². The highest BCUT2D eigenvalue weighted by molar-refractivity contribution is 5.76. The van der Waals surface area contributed by atoms with E-state index in [1.165, 1.54) is 0 Å². The van der Waals surface area contributed by atoms with Crippen molar-refractivity contribution in [2.24, 2.45) is 0 Å². The van der Waals surface area contributed by atoms with Crippen molar-refractivity contribution < 1.29 is 14.1 Å². The molecule has 0 aliphatic carbocycles. The molecule has 1 aromatic carbocycles. The summed E-state index contributed by atoms with van der Waals surface area (Å²) in [6, 6.07) is 9.51. The fourth-order valence-corrected chi connectivity index (χ4v) is 1.92. The smallest absolute Gasteiger partial charge is 0.223 e. The lowest BCUT2D eigenvalue weighted by atomic mass is 10.1. The van der Waals surface area contributed by atoms with Crippen LogP contribution in [0.1, 0.15) is 17.7 Å². The third-order valence-electron chi connectivity index (χ3n) is 3.07. The van der Waals surface area contributed by atoms with Gasteiger partial charge in [-0.05, 0) is 24.1 Å². The van der Waals surface area contributed by atoms with Crippen molar-refractivity contribution in [2.45, 2.75) is 19.4 Å². The second kappa shape index (κ2) is 6.75. The Kier molecular flexibility index (Phi) is 4.76. The third kappa shape index (κ3) is 3.85. The van der Waals surface area contributed by atoms with Crippen LogP contribution in [-0.4, -0.2) is 30.1 Å². The van der Waals surface area contributed by atoms with Gasteiger partial charge in [0.1, 0.15) is 5.75 Å². The molecule has 0 saturated carbocycles. The zero-order valence-electron chi connectivity index (χ0n) is 11.7. The van der Waals surface area contributed by atoms with Gasteiger partial charge >= 0.3 is 0 Å². The van der Waals surface area contributed by atoms with Crippen molar-refractivity contribution in [1.82, 2.24) is 10.1 Å². The molecule has 1 amide bonds. The molecule has 0 aliphatic heterocycles. The number of carbonyl (C=O) groups excluding carboxylic acids is 1. The zero-order valence-corrected chi connectivity index (χ0v) is 11.7. The summed E-state index contributed by atoms with van der Waals surface area (Å²) < 4.78 is 10.2. The van der Waals surface area contributed by atoms with Crippen LogP contribution in [0.25, 0.3) is 0 Å². The van der Waals surface area contributed by atoms with E-state index in [9.17, 15) is 4.79 Å². The molecule has 5 nitrogen and oxygen atoms in total. The molecule has 1 heterocycles. The first-order chi connectivity index (χ1) is 9.69. The number of aromatic nitrogens is 1. The molecule has 0 atom stereocenters. The van der Waals surface area contributed by atoms with Crippen LogP contribution in [0.4, 0.5) is 0 Å². The quantitative estimate of drug-likeness (QED) is 0.811. The Morgan fingerprint density at radius 2 is 2.25 bits per heavy atom. The van der Waals surface area contributed by atoms with E-state index in [1.54, 1.807) is 31.3 Å². The van der Waals surface area contributed by atoms with E-state index in [1.807, 2.05) is 24.3 Å². The van der Waals surface area contributed by atoms with Crippen LogP contribution in [0.2, 0.25) is 0 Å². The van der Waals surface area contributed by atoms with Gasteiger partial charge in [-0.1, -0.05) is 17.3 Å². The Morgan fingerprint density at radius 3 is 2.95 bits per heavy atom. The van der Waals surface area contributed by atoms with Crippen LogP contribution in [0.5, 0.6) is 5.75 Å². The molecular weight excluding hydrogens is 256 g/mol. The predicted molar refractivity (Wildman–Crippen MR) is 74.3 cm³/mol. The highest BCUT2D eigenvalue weighted by Crippen LogP contribution is 2.14. The Balaban J connectivity index is 1.84. The lowest BCUT2D eigenvalue weighted by Crippen LogP contribution is -2.26. The van der Waals surface area contributed by atoms with Crippen LogP contribution in [-0.2, 0) is 17.8 Å². The van der Waals surface area contributed by atoms with Gasteiger partial charge < -0.3 is 14.2 Å². The maximum absolute atomic E-state index is 12.0. The van der Waals surface area contributed by atoms with Crippen molar-refractivity contribution >= 4 is 5.91 Å². The summed E-state index contributed by atoms with van der Waals surface area (Å²) in [7, 11) is 3.39. The van der Waals surface area contributed by atoms with Gasteiger partial charge in [0.15, 0.2) is 5.76 Å². The number of hydrogen-bond acceptors (Lipinski definition) is 4. The maximum Gasteiger partial charge on any atom is 0.223 e. The number of aryl methyl sites for hydroxylation is 1. The predicted octanol–water partition coefficient (Wildman–Crippen LogP) is 2.27. The van der Waals surface area contributed by atoms with Gasteiger partial charge in [-0.15, -0.1) is 0 Å². The minimum Gasteiger partial charge on any atom is -0.497 e. The van der Waals surface area contributed by atoms with E-state index < -0.39 is 0 Å². The molecule has 0 unspecified atom stereocenters. The molecule has 2 rings (SSSR count). The molecule has 0 fully saturated rings. The van der Waals surface area contributed by atoms with Crippen LogP contribution in [0.3, 0.4) is 0 Å². The lowest BCUT2D eigenvalue weighted by Gasteiger charge is -2.15. The van der Waals surface area contributed by atoms with Gasteiger partial charge in [-0.3, -0.25) is 4.79 Å². The van der Waals surface area contributed by atoms with Gasteiger partial charge in [-0.25, -0.2) is 0 Å². The van der Waals surface area contributed by atoms with Crippen LogP contribution < -0.4 is 4.74 Å². The average Bonchev–Trinajstić information content (AvgIpc) is 2.97. The average molecular weight is 274 g/mol. The Labute approximate surface area is 118 Å². The fraction of sp³-hybridized carbons (Fsp3) is 0.333. The summed E-state index contributed by atoms with van der Waals surface area (Å²) in [6.07, 6.45) is 2.72. The molecule has 0 aliphatic rings. The van der Waals surface area contributed by atoms with E-state index in [4.69, 9.17) is 9.26 Å². The van der Waals surface area contributed by atoms with E-state index in [0.717, 1.165) is 11.3 Å². The molecule has 106 valence electrons. The molecule has 1 aromatic heterocycles. The SMILES string of the molecule is COc1cccc(CCC(=O)N(C)Cc2ccno2)c1. The number of benzene rings is 1. The number of ether oxygens (including phenoxy) is 1. The Morgan fingerprint density at radius 1 is 1.40 bits per heavy atom. The molecule has 0 N–H and O–H groups in total. The minimum atomic E-state index is 0.0734. The van der Waals surface area contributed by atoms with Crippen molar-refractivity contribution in [1.29, 1.82) is 0 Å². The summed E-state index contributed by atoms with van der Waals surface area (Å²) >= 11 is 0. The number of hydrogen-bond donors (Lipinski definition) is 0. The normalized spacial score (nSPS) is 10.3. The lowest BCUT2D eigenvalue weighted by molar-refractivity contribution is -0.130. The first kappa shape index (κ1) is 14.1. The highest BCUT2D eigenvalue weighted by atomic mass is 16.5. The maximum atomic E-state index is 12.0. The van der Waals surface area contributed by atoms with Crippen molar-refractivity contribution in [3.63, 3.8) is 0 Å². The van der Waals surface area contributed by atoms with E-state index >= 15 is 0 Å². The number of nitrogens with zero attached hydrogens (tertiary/aromatic N) is 2. The van der Waals surface area contributed by atoms with Gasteiger partial charge in [0.05, 0.1) is 19.9 Å². The molecule has 0 bridgehead atoms. The van der Waals surface area contributed by atoms with Crippen molar-refractivity contribution in [3.05, 3.63) is 47.9 Å². The topological polar surface area (TPSA) is 55.6 Å². The van der Waals surface area contributed by atoms with Crippen LogP contribution in [0, 0.1) is 0 Å². The number of carbonyl (C=O) groups is 1. The van der Waals surface area contributed by atoms with Gasteiger partial charge in [0.2, 0.25) is 5.91 Å². The Hall–Kier alpha value is -2.30. The van der Waals surface area contributed by atoms with E-state index in [0.29, 0.717) is 25.1 Å². The third-order valence-corrected chi connectivity index (χ3v) is 3.07. The minimum absolute atomic E-state index is 0.0734. The van der Waals surface area contributed by atoms with Gasteiger partial charge in [-0.2, -0.15) is 0 Å². The Bertz CT molecular complexity index is 552. The van der Waals surface area contributed by atoms with Gasteiger partial charge in [0, 0.05) is 19.5 Å². The molecule has 0 spiro atoms. The molecule has 0 saturated heterocycles. The second-order valence-electron chi connectivity index (χ2n) is 4.58. The second-order valence-corrected chi connectivity index (χ2v) is 4.58. The standard InChI is InChI=1S/C15H18N2O3/c1-17(11-14-8-9-16-20-14)15(18)7-6-12-4-3-5-13(10-12)19-2/h3-5,8-10H,6-7,11H2,1-2H3. The zero-order chi connectivity index (χ0) is 14.4. The molecule has 20 heavy (non-hydrogen) atoms. The fourth-order valence-electron chi connectivity index (χ4n) is 1.92. The van der Waals surface area contributed by atoms with Crippen molar-refractivity contribution in [2.75, 3.05) is 14.2 Å². The number of methoxy groups -OCH3 is 1. The molecular formula is C15H18N2O3. The van der Waals surface area contributed by atoms with E-state index in [-0.39, 0.29) is 5.91 Å². The van der Waals surface area contributed by atoms with E-state index in [2.05, 4.69) is 5.16 Å². The molecule has 5 heteroatoms. The summed E-state index contributed by atoms with van der Waals surface area (Å²) in [5.74, 6) is 1.57. The first-order valence-corrected chi connectivity index (χ1v) is 6.45. The highest BCUT2D eigenvalue weighted by Gasteiger charge is 2.11. The summed E-state index contributed by atoms with van der Waals surface area (Å²) in [5.41, 5.74) is 1.09. The van der Waals surface area contributed by atoms with Crippen molar-refractivity contribution in [3.8, 4) is 5.75 Å².